The monoisotopic (exact) mass is 311 g/mol. The fourth-order valence-corrected chi connectivity index (χ4v) is 2.25. The highest BCUT2D eigenvalue weighted by atomic mass is 16.6. The van der Waals surface area contributed by atoms with Crippen molar-refractivity contribution < 1.29 is 14.5 Å². The Morgan fingerprint density at radius 2 is 2.04 bits per heavy atom. The highest BCUT2D eigenvalue weighted by Crippen LogP contribution is 2.19. The molecule has 1 aromatic carbocycles. The lowest BCUT2D eigenvalue weighted by Gasteiger charge is -2.03. The normalized spacial score (nSPS) is 10.7. The van der Waals surface area contributed by atoms with E-state index in [1.165, 1.54) is 18.2 Å². The van der Waals surface area contributed by atoms with Crippen molar-refractivity contribution in [1.82, 2.24) is 9.38 Å². The van der Waals surface area contributed by atoms with Crippen LogP contribution in [-0.4, -0.2) is 20.3 Å². The smallest absolute Gasteiger partial charge is 0.345 e. The molecule has 3 aromatic rings. The summed E-state index contributed by atoms with van der Waals surface area (Å²) in [6.45, 7) is 1.92. The molecule has 0 spiro atoms. The van der Waals surface area contributed by atoms with Crippen molar-refractivity contribution in [3.63, 3.8) is 0 Å². The van der Waals surface area contributed by atoms with Gasteiger partial charge in [0.25, 0.3) is 5.69 Å². The van der Waals surface area contributed by atoms with Gasteiger partial charge >= 0.3 is 5.97 Å². The van der Waals surface area contributed by atoms with Crippen molar-refractivity contribution in [3.05, 3.63) is 75.7 Å². The Balaban J connectivity index is 1.77. The van der Waals surface area contributed by atoms with Crippen molar-refractivity contribution in [2.75, 3.05) is 0 Å². The Bertz CT molecular complexity index is 901. The Morgan fingerprint density at radius 1 is 1.26 bits per heavy atom. The molecule has 0 bridgehead atoms. The second-order valence-corrected chi connectivity index (χ2v) is 5.05. The number of carbonyl (C=O) groups excluding carboxylic acids is 1. The highest BCUT2D eigenvalue weighted by molar-refractivity contribution is 5.93. The number of nitrogens with zero attached hydrogens (tertiary/aromatic N) is 3. The number of ether oxygens (including phenoxy) is 1. The van der Waals surface area contributed by atoms with Gasteiger partial charge in [0, 0.05) is 18.5 Å². The van der Waals surface area contributed by atoms with Gasteiger partial charge in [-0.05, 0) is 24.6 Å². The van der Waals surface area contributed by atoms with Gasteiger partial charge in [0.2, 0.25) is 0 Å². The number of aromatic nitrogens is 2. The molecule has 0 radical (unpaired) electrons. The van der Waals surface area contributed by atoms with Crippen LogP contribution in [0.4, 0.5) is 5.69 Å². The molecule has 3 rings (SSSR count). The molecule has 0 saturated heterocycles. The van der Waals surface area contributed by atoms with Gasteiger partial charge in [-0.25, -0.2) is 9.78 Å². The van der Waals surface area contributed by atoms with Crippen molar-refractivity contribution in [3.8, 4) is 0 Å². The van der Waals surface area contributed by atoms with Gasteiger partial charge in [0.15, 0.2) is 0 Å². The lowest BCUT2D eigenvalue weighted by Crippen LogP contribution is -2.08. The Hall–Kier alpha value is -3.22. The molecule has 0 saturated carbocycles. The summed E-state index contributed by atoms with van der Waals surface area (Å²) in [7, 11) is 0. The number of hydrogen-bond acceptors (Lipinski definition) is 5. The first kappa shape index (κ1) is 14.7. The minimum Gasteiger partial charge on any atom is -0.455 e. The number of imidazole rings is 1. The van der Waals surface area contributed by atoms with Crippen LogP contribution in [-0.2, 0) is 11.3 Å². The molecule has 0 fully saturated rings. The van der Waals surface area contributed by atoms with Gasteiger partial charge in [-0.1, -0.05) is 18.2 Å². The van der Waals surface area contributed by atoms with Gasteiger partial charge in [0.1, 0.15) is 17.8 Å². The number of esters is 1. The number of fused-ring (bicyclic) bond motifs is 1. The number of benzene rings is 1. The Labute approximate surface area is 131 Å². The molecule has 2 heterocycles. The zero-order chi connectivity index (χ0) is 16.4. The molecule has 0 aliphatic rings. The number of rotatable bonds is 4. The van der Waals surface area contributed by atoms with Gasteiger partial charge in [-0.15, -0.1) is 0 Å². The van der Waals surface area contributed by atoms with Crippen LogP contribution in [0.15, 0.2) is 48.8 Å². The molecule has 7 nitrogen and oxygen atoms in total. The topological polar surface area (TPSA) is 86.7 Å². The third-order valence-electron chi connectivity index (χ3n) is 3.32. The van der Waals surface area contributed by atoms with Crippen LogP contribution in [0, 0.1) is 17.0 Å². The minimum atomic E-state index is -0.745. The molecule has 2 aromatic heterocycles. The maximum Gasteiger partial charge on any atom is 0.345 e. The van der Waals surface area contributed by atoms with E-state index >= 15 is 0 Å². The summed E-state index contributed by atoms with van der Waals surface area (Å²) in [4.78, 5) is 26.7. The molecule has 0 N–H and O–H groups in total. The van der Waals surface area contributed by atoms with E-state index in [1.54, 1.807) is 12.3 Å². The summed E-state index contributed by atoms with van der Waals surface area (Å²) in [6, 6.07) is 9.49. The van der Waals surface area contributed by atoms with E-state index in [0.29, 0.717) is 5.69 Å². The Kier molecular flexibility index (Phi) is 3.76. The number of pyridine rings is 1. The van der Waals surface area contributed by atoms with Crippen LogP contribution < -0.4 is 0 Å². The predicted octanol–water partition coefficient (Wildman–Crippen LogP) is 2.91. The third-order valence-corrected chi connectivity index (χ3v) is 3.32. The highest BCUT2D eigenvalue weighted by Gasteiger charge is 2.20. The Morgan fingerprint density at radius 3 is 2.83 bits per heavy atom. The number of nitro benzene ring substituents is 1. The van der Waals surface area contributed by atoms with Crippen LogP contribution in [0.5, 0.6) is 0 Å². The van der Waals surface area contributed by atoms with Crippen LogP contribution in [0.25, 0.3) is 5.65 Å². The molecular weight excluding hydrogens is 298 g/mol. The molecule has 0 aliphatic heterocycles. The lowest BCUT2D eigenvalue weighted by molar-refractivity contribution is -0.385. The number of carbonyl (C=O) groups is 1. The van der Waals surface area contributed by atoms with Crippen molar-refractivity contribution >= 4 is 17.3 Å². The summed E-state index contributed by atoms with van der Waals surface area (Å²) in [5.41, 5.74) is 2.05. The van der Waals surface area contributed by atoms with Gasteiger partial charge < -0.3 is 9.14 Å². The van der Waals surface area contributed by atoms with Gasteiger partial charge in [-0.2, -0.15) is 0 Å². The molecule has 7 heteroatoms. The number of hydrogen-bond donors (Lipinski definition) is 0. The van der Waals surface area contributed by atoms with E-state index in [4.69, 9.17) is 4.74 Å². The van der Waals surface area contributed by atoms with Crippen LogP contribution in [0.2, 0.25) is 0 Å². The fourth-order valence-electron chi connectivity index (χ4n) is 2.25. The summed E-state index contributed by atoms with van der Waals surface area (Å²) in [5.74, 6) is -0.745. The summed E-state index contributed by atoms with van der Waals surface area (Å²) < 4.78 is 6.98. The van der Waals surface area contributed by atoms with E-state index in [2.05, 4.69) is 4.98 Å². The predicted molar refractivity (Wildman–Crippen MR) is 82.1 cm³/mol. The van der Waals surface area contributed by atoms with E-state index < -0.39 is 10.9 Å². The first-order valence-electron chi connectivity index (χ1n) is 6.89. The van der Waals surface area contributed by atoms with Crippen LogP contribution >= 0.6 is 0 Å². The van der Waals surface area contributed by atoms with Crippen molar-refractivity contribution in [2.45, 2.75) is 13.5 Å². The van der Waals surface area contributed by atoms with E-state index in [0.717, 1.165) is 11.2 Å². The van der Waals surface area contributed by atoms with E-state index in [9.17, 15) is 14.9 Å². The molecule has 0 unspecified atom stereocenters. The largest absolute Gasteiger partial charge is 0.455 e. The summed E-state index contributed by atoms with van der Waals surface area (Å²) in [5, 5.41) is 10.9. The summed E-state index contributed by atoms with van der Waals surface area (Å²) in [6.07, 6.45) is 3.67. The van der Waals surface area contributed by atoms with Gasteiger partial charge in [-0.3, -0.25) is 10.1 Å². The first-order valence-corrected chi connectivity index (χ1v) is 6.89. The quantitative estimate of drug-likeness (QED) is 0.420. The molecule has 116 valence electrons. The zero-order valence-corrected chi connectivity index (χ0v) is 12.3. The fraction of sp³-hybridized carbons (Fsp3) is 0.125. The zero-order valence-electron chi connectivity index (χ0n) is 12.3. The molecule has 0 atom stereocenters. The molecule has 0 amide bonds. The number of para-hydroxylation sites is 1. The SMILES string of the molecule is Cc1ccc2nc(COC(=O)c3ccccc3[N+](=O)[O-])cn2c1. The van der Waals surface area contributed by atoms with Crippen molar-refractivity contribution in [1.29, 1.82) is 0 Å². The second-order valence-electron chi connectivity index (χ2n) is 5.05. The number of aryl methyl sites for hydroxylation is 1. The molecule has 0 aliphatic carbocycles. The maximum absolute atomic E-state index is 12.1. The summed E-state index contributed by atoms with van der Waals surface area (Å²) >= 11 is 0. The minimum absolute atomic E-state index is 0.0500. The average molecular weight is 311 g/mol. The number of nitro groups is 1. The lowest BCUT2D eigenvalue weighted by atomic mass is 10.2. The average Bonchev–Trinajstić information content (AvgIpc) is 2.94. The third kappa shape index (κ3) is 3.03. The standard InChI is InChI=1S/C16H13N3O4/c1-11-6-7-15-17-12(9-18(15)8-11)10-23-16(20)13-4-2-3-5-14(13)19(21)22/h2-9H,10H2,1H3. The van der Waals surface area contributed by atoms with Crippen molar-refractivity contribution in [2.24, 2.45) is 0 Å². The molecular formula is C16H13N3O4. The van der Waals surface area contributed by atoms with E-state index in [-0.39, 0.29) is 17.9 Å². The van der Waals surface area contributed by atoms with Crippen LogP contribution in [0.1, 0.15) is 21.6 Å². The van der Waals surface area contributed by atoms with Crippen LogP contribution in [0.3, 0.4) is 0 Å². The second kappa shape index (κ2) is 5.88. The van der Waals surface area contributed by atoms with Gasteiger partial charge in [0.05, 0.1) is 10.6 Å². The maximum atomic E-state index is 12.1. The first-order chi connectivity index (χ1) is 11.0. The van der Waals surface area contributed by atoms with E-state index in [1.807, 2.05) is 29.7 Å². The molecule has 23 heavy (non-hydrogen) atoms.